The van der Waals surface area contributed by atoms with Crippen LogP contribution in [0.25, 0.3) is 0 Å². The Hall–Kier alpha value is -4.12. The SMILES string of the molecule is CCCC(NC(=O)[C@@H]1CC2(CN1C(=O)[C@@H](NC(=O)OCC(C)C)C(C)(C)C)SCCCS2)C(=O)C(=O)NCC(=O)NC(c1ccccc1)c1ncn[nH]1. The molecule has 2 unspecified atom stereocenters. The molecule has 2 fully saturated rings. The number of ketones is 1. The molecule has 0 saturated carbocycles. The van der Waals surface area contributed by atoms with Crippen molar-refractivity contribution < 1.29 is 33.5 Å². The number of aromatic amines is 1. The van der Waals surface area contributed by atoms with Crippen molar-refractivity contribution in [3.05, 3.63) is 48.0 Å². The number of hydrogen-bond acceptors (Lipinski definition) is 11. The molecule has 3 heterocycles. The van der Waals surface area contributed by atoms with Crippen molar-refractivity contribution in [1.82, 2.24) is 41.3 Å². The standard InChI is InChI=1S/C36H52N8O7S2/c1-7-12-24(28(46)32(48)37-18-26(45)41-27(30-38-21-39-43-30)23-13-9-8-10-14-23)40-31(47)25-17-36(52-15-11-16-53-36)20-44(25)33(49)29(35(4,5)6)42-34(50)51-19-22(2)3/h8-10,13-14,21-22,24-25,27,29H,7,11-12,15-20H2,1-6H3,(H,37,48)(H,40,47)(H,41,45)(H,42,50)(H,38,39,43)/t24?,25-,27?,29+/m0/s1. The predicted molar refractivity (Wildman–Crippen MR) is 203 cm³/mol. The highest BCUT2D eigenvalue weighted by Crippen LogP contribution is 2.50. The van der Waals surface area contributed by atoms with E-state index in [-0.39, 0.29) is 25.5 Å². The Morgan fingerprint density at radius 2 is 1.74 bits per heavy atom. The number of ether oxygens (including phenoxy) is 1. The molecular weight excluding hydrogens is 721 g/mol. The van der Waals surface area contributed by atoms with E-state index in [2.05, 4.69) is 36.4 Å². The number of amides is 5. The molecule has 15 nitrogen and oxygen atoms in total. The minimum Gasteiger partial charge on any atom is -0.449 e. The molecule has 1 aromatic heterocycles. The van der Waals surface area contributed by atoms with Gasteiger partial charge in [0.1, 0.15) is 24.5 Å². The van der Waals surface area contributed by atoms with Crippen LogP contribution in [0.15, 0.2) is 36.7 Å². The molecule has 1 aromatic carbocycles. The largest absolute Gasteiger partial charge is 0.449 e. The van der Waals surface area contributed by atoms with Crippen molar-refractivity contribution in [3.63, 3.8) is 0 Å². The molecule has 53 heavy (non-hydrogen) atoms. The van der Waals surface area contributed by atoms with E-state index in [9.17, 15) is 28.8 Å². The second-order valence-electron chi connectivity index (χ2n) is 14.8. The second kappa shape index (κ2) is 18.8. The van der Waals surface area contributed by atoms with Gasteiger partial charge in [0, 0.05) is 13.0 Å². The van der Waals surface area contributed by atoms with Gasteiger partial charge in [0.2, 0.25) is 23.5 Å². The molecular formula is C36H52N8O7S2. The van der Waals surface area contributed by atoms with E-state index >= 15 is 0 Å². The average molecular weight is 773 g/mol. The zero-order valence-corrected chi connectivity index (χ0v) is 32.9. The van der Waals surface area contributed by atoms with Crippen molar-refractivity contribution in [1.29, 1.82) is 0 Å². The molecule has 0 aliphatic carbocycles. The van der Waals surface area contributed by atoms with Crippen molar-refractivity contribution in [2.75, 3.05) is 31.2 Å². The number of likely N-dealkylation sites (tertiary alicyclic amines) is 1. The maximum absolute atomic E-state index is 14.3. The first-order valence-electron chi connectivity index (χ1n) is 18.0. The Balaban J connectivity index is 1.46. The monoisotopic (exact) mass is 772 g/mol. The van der Waals surface area contributed by atoms with Gasteiger partial charge in [0.25, 0.3) is 5.91 Å². The number of Topliss-reactive ketones (excluding diaryl/α,β-unsaturated/α-hetero) is 1. The van der Waals surface area contributed by atoms with Gasteiger partial charge in [-0.2, -0.15) is 5.10 Å². The summed E-state index contributed by atoms with van der Waals surface area (Å²) in [6.45, 7) is 11.1. The van der Waals surface area contributed by atoms with Crippen molar-refractivity contribution in [2.45, 2.75) is 95.5 Å². The molecule has 0 bridgehead atoms. The van der Waals surface area contributed by atoms with E-state index in [1.807, 2.05) is 71.9 Å². The molecule has 4 atom stereocenters. The summed E-state index contributed by atoms with van der Waals surface area (Å²) in [6, 6.07) is 5.25. The Morgan fingerprint density at radius 3 is 2.34 bits per heavy atom. The van der Waals surface area contributed by atoms with Gasteiger partial charge in [0.05, 0.1) is 23.3 Å². The normalized spacial score (nSPS) is 18.5. The summed E-state index contributed by atoms with van der Waals surface area (Å²) in [6.07, 6.45) is 2.57. The quantitative estimate of drug-likeness (QED) is 0.167. The van der Waals surface area contributed by atoms with E-state index in [0.29, 0.717) is 18.7 Å². The van der Waals surface area contributed by atoms with Gasteiger partial charge < -0.3 is 30.9 Å². The highest BCUT2D eigenvalue weighted by molar-refractivity contribution is 8.18. The third kappa shape index (κ3) is 11.4. The van der Waals surface area contributed by atoms with Crippen molar-refractivity contribution >= 4 is 59.0 Å². The summed E-state index contributed by atoms with van der Waals surface area (Å²) in [5, 5.41) is 17.3. The Labute approximate surface area is 319 Å². The second-order valence-corrected chi connectivity index (χ2v) is 18.0. The summed E-state index contributed by atoms with van der Waals surface area (Å²) < 4.78 is 4.89. The van der Waals surface area contributed by atoms with Crippen LogP contribution in [-0.4, -0.2) is 109 Å². The van der Waals surface area contributed by atoms with E-state index in [1.54, 1.807) is 23.5 Å². The van der Waals surface area contributed by atoms with Gasteiger partial charge in [-0.1, -0.05) is 78.3 Å². The molecule has 0 radical (unpaired) electrons. The fraction of sp³-hybridized carbons (Fsp3) is 0.611. The van der Waals surface area contributed by atoms with Crippen LogP contribution in [0, 0.1) is 11.3 Å². The Morgan fingerprint density at radius 1 is 1.04 bits per heavy atom. The lowest BCUT2D eigenvalue weighted by Gasteiger charge is -2.36. The van der Waals surface area contributed by atoms with E-state index < -0.39 is 75.7 Å². The molecule has 4 rings (SSSR count). The zero-order chi connectivity index (χ0) is 38.8. The third-order valence-electron chi connectivity index (χ3n) is 8.81. The minimum atomic E-state index is -1.19. The summed E-state index contributed by atoms with van der Waals surface area (Å²) in [4.78, 5) is 86.4. The average Bonchev–Trinajstić information content (AvgIpc) is 3.79. The third-order valence-corrected chi connectivity index (χ3v) is 12.1. The maximum atomic E-state index is 14.3. The van der Waals surface area contributed by atoms with Crippen LogP contribution in [0.4, 0.5) is 4.79 Å². The molecule has 1 spiro atoms. The number of aromatic nitrogens is 3. The van der Waals surface area contributed by atoms with Gasteiger partial charge in [0.15, 0.2) is 5.82 Å². The molecule has 2 aliphatic heterocycles. The van der Waals surface area contributed by atoms with Crippen molar-refractivity contribution in [3.8, 4) is 0 Å². The fourth-order valence-corrected chi connectivity index (χ4v) is 9.45. The van der Waals surface area contributed by atoms with Gasteiger partial charge in [-0.3, -0.25) is 29.1 Å². The number of rotatable bonds is 15. The number of carbonyl (C=O) groups excluding carboxylic acids is 6. The molecule has 5 amide bonds. The van der Waals surface area contributed by atoms with Crippen LogP contribution in [0.2, 0.25) is 0 Å². The maximum Gasteiger partial charge on any atom is 0.407 e. The zero-order valence-electron chi connectivity index (χ0n) is 31.2. The lowest BCUT2D eigenvalue weighted by Crippen LogP contribution is -2.59. The van der Waals surface area contributed by atoms with Crippen LogP contribution < -0.4 is 21.3 Å². The number of alkyl carbamates (subject to hydrolysis) is 1. The van der Waals surface area contributed by atoms with Gasteiger partial charge in [-0.15, -0.1) is 23.5 Å². The molecule has 5 N–H and O–H groups in total. The lowest BCUT2D eigenvalue weighted by atomic mass is 9.85. The summed E-state index contributed by atoms with van der Waals surface area (Å²) in [5.41, 5.74) is 0.00569. The van der Waals surface area contributed by atoms with E-state index in [4.69, 9.17) is 4.74 Å². The van der Waals surface area contributed by atoms with Crippen LogP contribution in [-0.2, 0) is 28.7 Å². The topological polar surface area (TPSA) is 205 Å². The molecule has 2 saturated heterocycles. The number of benzene rings is 1. The Kier molecular flexibility index (Phi) is 14.7. The predicted octanol–water partition coefficient (Wildman–Crippen LogP) is 2.94. The van der Waals surface area contributed by atoms with Gasteiger partial charge >= 0.3 is 6.09 Å². The fourth-order valence-electron chi connectivity index (χ4n) is 6.10. The highest BCUT2D eigenvalue weighted by atomic mass is 32.2. The smallest absolute Gasteiger partial charge is 0.407 e. The summed E-state index contributed by atoms with van der Waals surface area (Å²) in [5.74, 6) is -1.25. The van der Waals surface area contributed by atoms with Crippen LogP contribution in [0.3, 0.4) is 0 Å². The molecule has 2 aromatic rings. The molecule has 2 aliphatic rings. The van der Waals surface area contributed by atoms with Crippen LogP contribution in [0.5, 0.6) is 0 Å². The number of H-pyrrole nitrogens is 1. The number of carbonyl (C=O) groups is 6. The minimum absolute atomic E-state index is 0.103. The summed E-state index contributed by atoms with van der Waals surface area (Å²) in [7, 11) is 0. The first-order chi connectivity index (χ1) is 25.1. The van der Waals surface area contributed by atoms with E-state index in [1.165, 1.54) is 11.2 Å². The molecule has 17 heteroatoms. The van der Waals surface area contributed by atoms with Gasteiger partial charge in [-0.25, -0.2) is 9.78 Å². The highest BCUT2D eigenvalue weighted by Gasteiger charge is 2.53. The van der Waals surface area contributed by atoms with Crippen molar-refractivity contribution in [2.24, 2.45) is 11.3 Å². The Bertz CT molecular complexity index is 1580. The first-order valence-corrected chi connectivity index (χ1v) is 19.9. The lowest BCUT2D eigenvalue weighted by molar-refractivity contribution is -0.144. The van der Waals surface area contributed by atoms with Gasteiger partial charge in [-0.05, 0) is 41.2 Å². The number of nitrogens with zero attached hydrogens (tertiary/aromatic N) is 3. The van der Waals surface area contributed by atoms with Crippen LogP contribution in [0.1, 0.15) is 84.7 Å². The first kappa shape index (κ1) is 41.6. The summed E-state index contributed by atoms with van der Waals surface area (Å²) >= 11 is 3.42. The van der Waals surface area contributed by atoms with Crippen LogP contribution >= 0.6 is 23.5 Å². The number of nitrogens with one attached hydrogen (secondary N) is 5. The number of thioether (sulfide) groups is 2. The number of hydrogen-bond donors (Lipinski definition) is 5. The molecule has 290 valence electrons. The van der Waals surface area contributed by atoms with E-state index in [0.717, 1.165) is 23.5 Å².